The van der Waals surface area contributed by atoms with Crippen molar-refractivity contribution in [3.8, 4) is 0 Å². The first-order valence-electron chi connectivity index (χ1n) is 6.45. The molecule has 84 valence electrons. The lowest BCUT2D eigenvalue weighted by molar-refractivity contribution is 0.423. The molecular weight excluding hydrogens is 191 g/mol. The zero-order valence-corrected chi connectivity index (χ0v) is 10.5. The summed E-state index contributed by atoms with van der Waals surface area (Å²) in [5.74, 6) is 0. The van der Waals surface area contributed by atoms with E-state index in [4.69, 9.17) is 0 Å². The molecule has 0 heterocycles. The molecule has 2 aliphatic carbocycles. The SMILES string of the molecule is BC1(C2=C/C=C\C=C/C=C\2C)CCCCC1. The molecule has 1 fully saturated rings. The molecule has 2 aliphatic rings. The summed E-state index contributed by atoms with van der Waals surface area (Å²) in [6.45, 7) is 2.25. The zero-order chi connectivity index (χ0) is 11.4. The average molecular weight is 212 g/mol. The first-order valence-corrected chi connectivity index (χ1v) is 6.45. The molecule has 0 aromatic rings. The molecule has 0 atom stereocenters. The fraction of sp³-hybridized carbons (Fsp3) is 0.467. The summed E-state index contributed by atoms with van der Waals surface area (Å²) in [5.41, 5.74) is 2.98. The highest BCUT2D eigenvalue weighted by molar-refractivity contribution is 6.18. The highest BCUT2D eigenvalue weighted by Crippen LogP contribution is 2.48. The van der Waals surface area contributed by atoms with Crippen molar-refractivity contribution in [1.82, 2.24) is 0 Å². The third-order valence-corrected chi connectivity index (χ3v) is 3.97. The molecule has 2 rings (SSSR count). The summed E-state index contributed by atoms with van der Waals surface area (Å²) in [6, 6.07) is 0. The molecule has 0 aromatic carbocycles. The number of hydrogen-bond donors (Lipinski definition) is 0. The normalized spacial score (nSPS) is 34.8. The van der Waals surface area contributed by atoms with Gasteiger partial charge in [-0.15, -0.1) is 0 Å². The Balaban J connectivity index is 2.29. The van der Waals surface area contributed by atoms with E-state index in [1.54, 1.807) is 5.57 Å². The Morgan fingerprint density at radius 1 is 0.938 bits per heavy atom. The van der Waals surface area contributed by atoms with Gasteiger partial charge in [0.25, 0.3) is 0 Å². The maximum atomic E-state index is 2.44. The third kappa shape index (κ3) is 2.40. The van der Waals surface area contributed by atoms with Gasteiger partial charge >= 0.3 is 0 Å². The van der Waals surface area contributed by atoms with Crippen LogP contribution in [0, 0.1) is 0 Å². The van der Waals surface area contributed by atoms with Crippen molar-refractivity contribution < 1.29 is 0 Å². The van der Waals surface area contributed by atoms with Crippen LogP contribution < -0.4 is 0 Å². The number of rotatable bonds is 1. The second kappa shape index (κ2) is 4.90. The van der Waals surface area contributed by atoms with E-state index < -0.39 is 0 Å². The summed E-state index contributed by atoms with van der Waals surface area (Å²) >= 11 is 0. The fourth-order valence-corrected chi connectivity index (χ4v) is 2.98. The maximum absolute atomic E-state index is 2.44. The van der Waals surface area contributed by atoms with Crippen LogP contribution in [0.5, 0.6) is 0 Å². The van der Waals surface area contributed by atoms with E-state index in [0.29, 0.717) is 5.31 Å². The molecule has 0 saturated heterocycles. The largest absolute Gasteiger partial charge is 0.115 e. The van der Waals surface area contributed by atoms with Gasteiger partial charge in [-0.1, -0.05) is 68.6 Å². The molecule has 16 heavy (non-hydrogen) atoms. The molecule has 0 unspecified atom stereocenters. The molecular formula is C15H21B. The summed E-state index contributed by atoms with van der Waals surface area (Å²) in [4.78, 5) is 0. The van der Waals surface area contributed by atoms with Gasteiger partial charge in [0.05, 0.1) is 0 Å². The van der Waals surface area contributed by atoms with Crippen LogP contribution in [-0.4, -0.2) is 7.85 Å². The molecule has 0 radical (unpaired) electrons. The van der Waals surface area contributed by atoms with Crippen molar-refractivity contribution in [1.29, 1.82) is 0 Å². The second-order valence-corrected chi connectivity index (χ2v) is 5.32. The quantitative estimate of drug-likeness (QED) is 0.581. The van der Waals surface area contributed by atoms with Crippen LogP contribution in [0.3, 0.4) is 0 Å². The van der Waals surface area contributed by atoms with Crippen molar-refractivity contribution in [3.05, 3.63) is 47.6 Å². The smallest absolute Gasteiger partial charge is 0.0623 e. The molecule has 1 saturated carbocycles. The number of hydrogen-bond acceptors (Lipinski definition) is 0. The van der Waals surface area contributed by atoms with Gasteiger partial charge in [0.15, 0.2) is 0 Å². The second-order valence-electron chi connectivity index (χ2n) is 5.32. The minimum Gasteiger partial charge on any atom is -0.0623 e. The van der Waals surface area contributed by atoms with Gasteiger partial charge < -0.3 is 0 Å². The summed E-state index contributed by atoms with van der Waals surface area (Å²) in [7, 11) is 2.44. The van der Waals surface area contributed by atoms with Crippen LogP contribution in [0.25, 0.3) is 0 Å². The number of allylic oxidation sites excluding steroid dienone is 8. The van der Waals surface area contributed by atoms with Gasteiger partial charge in [-0.3, -0.25) is 0 Å². The van der Waals surface area contributed by atoms with E-state index in [2.05, 4.69) is 51.2 Å². The van der Waals surface area contributed by atoms with Crippen molar-refractivity contribution in [2.75, 3.05) is 0 Å². The summed E-state index contributed by atoms with van der Waals surface area (Å²) in [6.07, 6.45) is 20.0. The van der Waals surface area contributed by atoms with Crippen LogP contribution in [0.4, 0.5) is 0 Å². The maximum Gasteiger partial charge on any atom is 0.115 e. The monoisotopic (exact) mass is 212 g/mol. The third-order valence-electron chi connectivity index (χ3n) is 3.97. The van der Waals surface area contributed by atoms with Crippen molar-refractivity contribution in [2.24, 2.45) is 0 Å². The van der Waals surface area contributed by atoms with E-state index >= 15 is 0 Å². The van der Waals surface area contributed by atoms with Gasteiger partial charge in [0.2, 0.25) is 0 Å². The standard InChI is InChI=1S/C15H21B/c1-13-9-5-2-3-6-10-14(13)15(16)11-7-4-8-12-15/h2-3,5-6,9-10H,4,7-8,11-12,16H2,1H3/b3-2?,5-2-,6-3-,9-5?,10-6?,13-9-,14-10+,14-13?. The summed E-state index contributed by atoms with van der Waals surface area (Å²) < 4.78 is 0. The van der Waals surface area contributed by atoms with E-state index in [1.165, 1.54) is 37.7 Å². The van der Waals surface area contributed by atoms with E-state index in [0.717, 1.165) is 0 Å². The Hall–Kier alpha value is -0.975. The average Bonchev–Trinajstić information content (AvgIpc) is 2.24. The van der Waals surface area contributed by atoms with E-state index in [1.807, 2.05) is 0 Å². The van der Waals surface area contributed by atoms with Crippen molar-refractivity contribution in [2.45, 2.75) is 44.3 Å². The first-order chi connectivity index (χ1) is 7.72. The van der Waals surface area contributed by atoms with Crippen LogP contribution >= 0.6 is 0 Å². The Bertz CT molecular complexity index is 363. The lowest BCUT2D eigenvalue weighted by Gasteiger charge is -2.37. The Morgan fingerprint density at radius 2 is 1.56 bits per heavy atom. The van der Waals surface area contributed by atoms with Crippen LogP contribution in [0.1, 0.15) is 39.0 Å². The topological polar surface area (TPSA) is 0 Å². The molecule has 0 spiro atoms. The molecule has 0 bridgehead atoms. The predicted octanol–water partition coefficient (Wildman–Crippen LogP) is 3.74. The van der Waals surface area contributed by atoms with Crippen molar-refractivity contribution >= 4 is 7.85 Å². The molecule has 0 aliphatic heterocycles. The predicted molar refractivity (Wildman–Crippen MR) is 74.4 cm³/mol. The summed E-state index contributed by atoms with van der Waals surface area (Å²) in [5, 5.41) is 0.411. The lowest BCUT2D eigenvalue weighted by Crippen LogP contribution is -2.20. The zero-order valence-electron chi connectivity index (χ0n) is 10.5. The van der Waals surface area contributed by atoms with E-state index in [9.17, 15) is 0 Å². The first kappa shape index (κ1) is 11.5. The molecule has 0 nitrogen and oxygen atoms in total. The Morgan fingerprint density at radius 3 is 2.25 bits per heavy atom. The molecule has 1 heteroatoms. The fourth-order valence-electron chi connectivity index (χ4n) is 2.98. The van der Waals surface area contributed by atoms with Crippen LogP contribution in [0.2, 0.25) is 5.31 Å². The highest BCUT2D eigenvalue weighted by atomic mass is 14.3. The van der Waals surface area contributed by atoms with Crippen molar-refractivity contribution in [3.63, 3.8) is 0 Å². The minimum atomic E-state index is 0.411. The highest BCUT2D eigenvalue weighted by Gasteiger charge is 2.30. The van der Waals surface area contributed by atoms with Gasteiger partial charge in [0, 0.05) is 0 Å². The Kier molecular flexibility index (Phi) is 3.53. The van der Waals surface area contributed by atoms with Gasteiger partial charge in [-0.25, -0.2) is 0 Å². The molecule has 0 aromatic heterocycles. The van der Waals surface area contributed by atoms with Crippen LogP contribution in [0.15, 0.2) is 47.6 Å². The van der Waals surface area contributed by atoms with E-state index in [-0.39, 0.29) is 0 Å². The van der Waals surface area contributed by atoms with Gasteiger partial charge in [0.1, 0.15) is 7.85 Å². The molecule has 0 amide bonds. The Labute approximate surface area is 100 Å². The van der Waals surface area contributed by atoms with Gasteiger partial charge in [-0.2, -0.15) is 0 Å². The lowest BCUT2D eigenvalue weighted by atomic mass is 9.55. The van der Waals surface area contributed by atoms with Crippen LogP contribution in [-0.2, 0) is 0 Å². The minimum absolute atomic E-state index is 0.411. The van der Waals surface area contributed by atoms with Gasteiger partial charge in [-0.05, 0) is 23.4 Å². The molecule has 0 N–H and O–H groups in total.